The van der Waals surface area contributed by atoms with E-state index in [1.54, 1.807) is 0 Å². The number of anilines is 1. The van der Waals surface area contributed by atoms with Gasteiger partial charge in [0, 0.05) is 5.69 Å². The molecule has 1 aliphatic rings. The molecule has 1 aliphatic heterocycles. The first-order chi connectivity index (χ1) is 7.84. The maximum absolute atomic E-state index is 6.37. The first kappa shape index (κ1) is 9.73. The summed E-state index contributed by atoms with van der Waals surface area (Å²) >= 11 is 6.37. The minimum Gasteiger partial charge on any atom is -0.365 e. The van der Waals surface area contributed by atoms with Crippen molar-refractivity contribution in [2.45, 2.75) is 11.9 Å². The molecule has 0 aromatic heterocycles. The molecule has 0 saturated heterocycles. The van der Waals surface area contributed by atoms with Crippen molar-refractivity contribution in [1.29, 1.82) is 0 Å². The lowest BCUT2D eigenvalue weighted by atomic mass is 10.0. The monoisotopic (exact) mass is 229 g/mol. The third-order valence-corrected chi connectivity index (χ3v) is 3.35. The predicted molar refractivity (Wildman–Crippen MR) is 67.9 cm³/mol. The highest BCUT2D eigenvalue weighted by atomic mass is 35.5. The van der Waals surface area contributed by atoms with Gasteiger partial charge in [-0.1, -0.05) is 54.1 Å². The third kappa shape index (κ3) is 1.57. The van der Waals surface area contributed by atoms with Crippen LogP contribution in [0.25, 0.3) is 0 Å². The summed E-state index contributed by atoms with van der Waals surface area (Å²) in [6.45, 7) is 0. The summed E-state index contributed by atoms with van der Waals surface area (Å²) in [6.07, 6.45) is 0.947. The third-order valence-electron chi connectivity index (χ3n) is 3.01. The van der Waals surface area contributed by atoms with E-state index in [9.17, 15) is 0 Å². The summed E-state index contributed by atoms with van der Waals surface area (Å²) in [5, 5.41) is 3.34. The summed E-state index contributed by atoms with van der Waals surface area (Å²) < 4.78 is 0. The second-order valence-electron chi connectivity index (χ2n) is 4.04. The minimum absolute atomic E-state index is 0.139. The van der Waals surface area contributed by atoms with Crippen molar-refractivity contribution in [2.24, 2.45) is 0 Å². The first-order valence-corrected chi connectivity index (χ1v) is 5.84. The fourth-order valence-electron chi connectivity index (χ4n) is 2.18. The fraction of sp³-hybridized carbons (Fsp3) is 0.143. The van der Waals surface area contributed by atoms with Crippen molar-refractivity contribution in [3.63, 3.8) is 0 Å². The number of rotatable bonds is 0. The van der Waals surface area contributed by atoms with E-state index in [0.717, 1.165) is 12.1 Å². The van der Waals surface area contributed by atoms with E-state index in [1.165, 1.54) is 16.7 Å². The van der Waals surface area contributed by atoms with Gasteiger partial charge in [0.15, 0.2) is 0 Å². The van der Waals surface area contributed by atoms with E-state index >= 15 is 0 Å². The molecule has 0 aliphatic carbocycles. The zero-order chi connectivity index (χ0) is 11.0. The Hall–Kier alpha value is -1.47. The van der Waals surface area contributed by atoms with Crippen molar-refractivity contribution in [1.82, 2.24) is 0 Å². The average molecular weight is 230 g/mol. The van der Waals surface area contributed by atoms with Gasteiger partial charge in [-0.2, -0.15) is 0 Å². The lowest BCUT2D eigenvalue weighted by Crippen LogP contribution is -2.03. The number of alkyl halides is 1. The molecule has 2 heteroatoms. The van der Waals surface area contributed by atoms with Crippen molar-refractivity contribution >= 4 is 17.3 Å². The van der Waals surface area contributed by atoms with Crippen LogP contribution in [0.4, 0.5) is 5.69 Å². The Morgan fingerprint density at radius 3 is 2.50 bits per heavy atom. The Labute approximate surface area is 100 Å². The van der Waals surface area contributed by atoms with E-state index in [4.69, 9.17) is 11.6 Å². The Kier molecular flexibility index (Phi) is 2.33. The van der Waals surface area contributed by atoms with Crippen molar-refractivity contribution < 1.29 is 0 Å². The predicted octanol–water partition coefficient (Wildman–Crippen LogP) is 3.94. The number of hydrogen-bond donors (Lipinski definition) is 1. The molecule has 0 bridgehead atoms. The maximum atomic E-state index is 6.37. The number of benzene rings is 2. The smallest absolute Gasteiger partial charge is 0.127 e. The van der Waals surface area contributed by atoms with Crippen LogP contribution in [0.3, 0.4) is 0 Å². The molecule has 1 N–H and O–H groups in total. The molecule has 0 spiro atoms. The Morgan fingerprint density at radius 2 is 1.62 bits per heavy atom. The fourth-order valence-corrected chi connectivity index (χ4v) is 2.51. The average Bonchev–Trinajstić information content (AvgIpc) is 2.45. The lowest BCUT2D eigenvalue weighted by Gasteiger charge is -2.12. The molecule has 0 amide bonds. The normalized spacial score (nSPS) is 17.9. The van der Waals surface area contributed by atoms with Crippen molar-refractivity contribution in [3.8, 4) is 0 Å². The molecule has 0 saturated carbocycles. The second-order valence-corrected chi connectivity index (χ2v) is 4.48. The summed E-state index contributed by atoms with van der Waals surface area (Å²) in [5.74, 6) is 0. The van der Waals surface area contributed by atoms with Crippen molar-refractivity contribution in [2.75, 3.05) is 5.32 Å². The quantitative estimate of drug-likeness (QED) is 0.533. The molecule has 80 valence electrons. The van der Waals surface area contributed by atoms with Crippen LogP contribution in [0, 0.1) is 0 Å². The molecule has 1 heterocycles. The topological polar surface area (TPSA) is 12.0 Å². The summed E-state index contributed by atoms with van der Waals surface area (Å²) in [4.78, 5) is 0. The van der Waals surface area contributed by atoms with Gasteiger partial charge >= 0.3 is 0 Å². The van der Waals surface area contributed by atoms with E-state index in [2.05, 4.69) is 41.7 Å². The van der Waals surface area contributed by atoms with E-state index < -0.39 is 0 Å². The van der Waals surface area contributed by atoms with E-state index in [0.29, 0.717) is 0 Å². The lowest BCUT2D eigenvalue weighted by molar-refractivity contribution is 1.08. The molecule has 0 fully saturated rings. The molecule has 3 rings (SSSR count). The van der Waals surface area contributed by atoms with Crippen LogP contribution in [0.2, 0.25) is 0 Å². The summed E-state index contributed by atoms with van der Waals surface area (Å²) in [7, 11) is 0. The maximum Gasteiger partial charge on any atom is 0.127 e. The van der Waals surface area contributed by atoms with Crippen LogP contribution in [0.5, 0.6) is 0 Å². The Bertz CT molecular complexity index is 522. The number of para-hydroxylation sites is 1. The van der Waals surface area contributed by atoms with Gasteiger partial charge in [0.25, 0.3) is 0 Å². The standard InChI is InChI=1S/C14H12ClN/c15-14-12-7-3-1-5-10(12)9-11-6-2-4-8-13(11)16-14/h1-8,14,16H,9H2. The molecule has 0 radical (unpaired) electrons. The van der Waals surface area contributed by atoms with Gasteiger partial charge in [-0.25, -0.2) is 0 Å². The molecular formula is C14H12ClN. The number of halogens is 1. The highest BCUT2D eigenvalue weighted by Crippen LogP contribution is 2.33. The molecule has 1 nitrogen and oxygen atoms in total. The molecule has 2 aromatic carbocycles. The highest BCUT2D eigenvalue weighted by molar-refractivity contribution is 6.22. The van der Waals surface area contributed by atoms with Gasteiger partial charge in [-0.3, -0.25) is 0 Å². The van der Waals surface area contributed by atoms with Crippen LogP contribution in [0.15, 0.2) is 48.5 Å². The number of fused-ring (bicyclic) bond motifs is 2. The van der Waals surface area contributed by atoms with Crippen LogP contribution in [-0.2, 0) is 6.42 Å². The highest BCUT2D eigenvalue weighted by Gasteiger charge is 2.18. The van der Waals surface area contributed by atoms with Gasteiger partial charge in [0.2, 0.25) is 0 Å². The van der Waals surface area contributed by atoms with Gasteiger partial charge < -0.3 is 5.32 Å². The summed E-state index contributed by atoms with van der Waals surface area (Å²) in [5.41, 5.74) is 4.79. The van der Waals surface area contributed by atoms with Gasteiger partial charge in [0.05, 0.1) is 0 Å². The molecule has 1 unspecified atom stereocenters. The van der Waals surface area contributed by atoms with Crippen molar-refractivity contribution in [3.05, 3.63) is 65.2 Å². The second kappa shape index (κ2) is 3.84. The van der Waals surface area contributed by atoms with E-state index in [1.807, 2.05) is 12.1 Å². The van der Waals surface area contributed by atoms with Gasteiger partial charge in [-0.05, 0) is 29.2 Å². The summed E-state index contributed by atoms with van der Waals surface area (Å²) in [6, 6.07) is 16.7. The van der Waals surface area contributed by atoms with Gasteiger partial charge in [-0.15, -0.1) is 0 Å². The SMILES string of the molecule is ClC1Nc2ccccc2Cc2ccccc21. The Balaban J connectivity index is 2.15. The number of nitrogens with one attached hydrogen (secondary N) is 1. The van der Waals surface area contributed by atoms with E-state index in [-0.39, 0.29) is 5.50 Å². The molecule has 16 heavy (non-hydrogen) atoms. The minimum atomic E-state index is -0.139. The largest absolute Gasteiger partial charge is 0.365 e. The zero-order valence-electron chi connectivity index (χ0n) is 8.78. The molecular weight excluding hydrogens is 218 g/mol. The van der Waals surface area contributed by atoms with Crippen LogP contribution in [-0.4, -0.2) is 0 Å². The van der Waals surface area contributed by atoms with Crippen LogP contribution >= 0.6 is 11.6 Å². The first-order valence-electron chi connectivity index (χ1n) is 5.41. The number of hydrogen-bond acceptors (Lipinski definition) is 1. The zero-order valence-corrected chi connectivity index (χ0v) is 9.54. The van der Waals surface area contributed by atoms with Gasteiger partial charge in [0.1, 0.15) is 5.50 Å². The Morgan fingerprint density at radius 1 is 0.938 bits per heavy atom. The molecule has 2 aromatic rings. The molecule has 1 atom stereocenters. The van der Waals surface area contributed by atoms with Crippen LogP contribution in [0.1, 0.15) is 22.2 Å². The van der Waals surface area contributed by atoms with Crippen LogP contribution < -0.4 is 5.32 Å².